The maximum absolute atomic E-state index is 10.9. The molecule has 1 saturated heterocycles. The first-order chi connectivity index (χ1) is 10.7. The molecule has 4 rings (SSSR count). The van der Waals surface area contributed by atoms with Gasteiger partial charge in [0.25, 0.3) is 0 Å². The van der Waals surface area contributed by atoms with E-state index in [1.807, 2.05) is 17.5 Å². The fraction of sp³-hybridized carbons (Fsp3) is 0.688. The summed E-state index contributed by atoms with van der Waals surface area (Å²) in [4.78, 5) is 6.93. The van der Waals surface area contributed by atoms with Gasteiger partial charge < -0.3 is 10.0 Å². The van der Waals surface area contributed by atoms with Crippen LogP contribution >= 0.6 is 0 Å². The number of anilines is 1. The van der Waals surface area contributed by atoms with Crippen LogP contribution in [0.4, 0.5) is 5.82 Å². The Labute approximate surface area is 130 Å². The maximum Gasteiger partial charge on any atom is 0.203 e. The van der Waals surface area contributed by atoms with Crippen molar-refractivity contribution in [2.45, 2.75) is 57.1 Å². The van der Waals surface area contributed by atoms with Crippen molar-refractivity contribution in [3.63, 3.8) is 0 Å². The van der Waals surface area contributed by atoms with E-state index in [9.17, 15) is 5.11 Å². The van der Waals surface area contributed by atoms with E-state index in [1.54, 1.807) is 12.5 Å². The summed E-state index contributed by atoms with van der Waals surface area (Å²) in [6.07, 6.45) is 12.0. The van der Waals surface area contributed by atoms with Gasteiger partial charge >= 0.3 is 0 Å². The quantitative estimate of drug-likeness (QED) is 0.919. The molecule has 22 heavy (non-hydrogen) atoms. The Morgan fingerprint density at radius 1 is 1.27 bits per heavy atom. The largest absolute Gasteiger partial charge is 0.390 e. The molecule has 2 aliphatic rings. The first-order valence-electron chi connectivity index (χ1n) is 8.30. The summed E-state index contributed by atoms with van der Waals surface area (Å²) in [5.41, 5.74) is 0.245. The van der Waals surface area contributed by atoms with Crippen molar-refractivity contribution >= 4 is 11.5 Å². The fourth-order valence-electron chi connectivity index (χ4n) is 4.37. The van der Waals surface area contributed by atoms with E-state index in [0.717, 1.165) is 50.1 Å². The molecule has 3 atom stereocenters. The van der Waals surface area contributed by atoms with Gasteiger partial charge in [-0.05, 0) is 32.6 Å². The monoisotopic (exact) mass is 301 g/mol. The second-order valence-corrected chi connectivity index (χ2v) is 6.93. The second-order valence-electron chi connectivity index (χ2n) is 6.93. The predicted molar refractivity (Wildman–Crippen MR) is 83.7 cm³/mol. The summed E-state index contributed by atoms with van der Waals surface area (Å²) < 4.78 is 1.91. The molecule has 0 unspecified atom stereocenters. The predicted octanol–water partition coefficient (Wildman–Crippen LogP) is 2.03. The molecule has 2 fully saturated rings. The van der Waals surface area contributed by atoms with Crippen molar-refractivity contribution in [1.82, 2.24) is 19.6 Å². The van der Waals surface area contributed by atoms with Crippen LogP contribution in [0.15, 0.2) is 18.7 Å². The van der Waals surface area contributed by atoms with Gasteiger partial charge in [-0.15, -0.1) is 10.2 Å². The average Bonchev–Trinajstić information content (AvgIpc) is 3.15. The molecule has 0 radical (unpaired) electrons. The summed E-state index contributed by atoms with van der Waals surface area (Å²) in [7, 11) is 0. The molecule has 0 spiro atoms. The lowest BCUT2D eigenvalue weighted by Crippen LogP contribution is -2.49. The molecule has 0 aromatic carbocycles. The minimum Gasteiger partial charge on any atom is -0.390 e. The highest BCUT2D eigenvalue weighted by molar-refractivity contribution is 5.64. The van der Waals surface area contributed by atoms with E-state index in [4.69, 9.17) is 0 Å². The molecule has 6 heteroatoms. The third-order valence-corrected chi connectivity index (χ3v) is 5.48. The molecule has 6 nitrogen and oxygen atoms in total. The van der Waals surface area contributed by atoms with Gasteiger partial charge in [0.05, 0.1) is 5.60 Å². The molecule has 1 aliphatic carbocycles. The van der Waals surface area contributed by atoms with Crippen LogP contribution in [0.3, 0.4) is 0 Å². The summed E-state index contributed by atoms with van der Waals surface area (Å²) in [6, 6.07) is 0.352. The highest BCUT2D eigenvalue weighted by atomic mass is 16.3. The fourth-order valence-corrected chi connectivity index (χ4v) is 4.37. The standard InChI is InChI=1S/C16H23N5O/c1-16(22)7-3-2-5-12(16)13-6-4-9-21(13)14-15-19-18-11-20(15)10-8-17-14/h8,10-13,22H,2-7,9H2,1H3/t12-,13+,16+/m1/s1. The molecular weight excluding hydrogens is 278 g/mol. The van der Waals surface area contributed by atoms with Gasteiger partial charge in [-0.2, -0.15) is 0 Å². The smallest absolute Gasteiger partial charge is 0.203 e. The third-order valence-electron chi connectivity index (χ3n) is 5.48. The lowest BCUT2D eigenvalue weighted by atomic mass is 9.72. The van der Waals surface area contributed by atoms with Crippen LogP contribution in [0.5, 0.6) is 0 Å². The zero-order valence-corrected chi connectivity index (χ0v) is 13.0. The van der Waals surface area contributed by atoms with Gasteiger partial charge in [0.15, 0.2) is 5.82 Å². The molecule has 1 N–H and O–H groups in total. The molecule has 1 aliphatic heterocycles. The number of rotatable bonds is 2. The molecule has 1 saturated carbocycles. The normalized spacial score (nSPS) is 32.7. The van der Waals surface area contributed by atoms with Crippen molar-refractivity contribution in [2.24, 2.45) is 5.92 Å². The van der Waals surface area contributed by atoms with E-state index < -0.39 is 5.60 Å². The Bertz CT molecular complexity index is 667. The van der Waals surface area contributed by atoms with Crippen LogP contribution in [0.2, 0.25) is 0 Å². The van der Waals surface area contributed by atoms with Gasteiger partial charge in [0.2, 0.25) is 5.65 Å². The van der Waals surface area contributed by atoms with Crippen molar-refractivity contribution < 1.29 is 5.11 Å². The van der Waals surface area contributed by atoms with Gasteiger partial charge in [0.1, 0.15) is 6.33 Å². The zero-order chi connectivity index (χ0) is 15.2. The van der Waals surface area contributed by atoms with Crippen molar-refractivity contribution in [2.75, 3.05) is 11.4 Å². The van der Waals surface area contributed by atoms with Crippen LogP contribution in [-0.2, 0) is 0 Å². The Kier molecular flexibility index (Phi) is 3.29. The Hall–Kier alpha value is -1.69. The summed E-state index contributed by atoms with van der Waals surface area (Å²) in [5.74, 6) is 1.22. The summed E-state index contributed by atoms with van der Waals surface area (Å²) in [5, 5.41) is 19.1. The summed E-state index contributed by atoms with van der Waals surface area (Å²) in [6.45, 7) is 3.00. The molecule has 0 bridgehead atoms. The topological polar surface area (TPSA) is 66.5 Å². The SMILES string of the molecule is C[C@]1(O)CCCC[C@@H]1[C@@H]1CCCN1c1nccn2cnnc12. The van der Waals surface area contributed by atoms with E-state index in [0.29, 0.717) is 12.0 Å². The van der Waals surface area contributed by atoms with Gasteiger partial charge in [-0.3, -0.25) is 4.40 Å². The summed E-state index contributed by atoms with van der Waals surface area (Å²) >= 11 is 0. The number of hydrogen-bond donors (Lipinski definition) is 1. The minimum atomic E-state index is -0.565. The third kappa shape index (κ3) is 2.17. The zero-order valence-electron chi connectivity index (χ0n) is 13.0. The van der Waals surface area contributed by atoms with Crippen LogP contribution in [0.25, 0.3) is 5.65 Å². The van der Waals surface area contributed by atoms with E-state index in [2.05, 4.69) is 20.1 Å². The first-order valence-corrected chi connectivity index (χ1v) is 8.30. The van der Waals surface area contributed by atoms with Gasteiger partial charge in [-0.1, -0.05) is 12.8 Å². The Balaban J connectivity index is 1.70. The van der Waals surface area contributed by atoms with Crippen molar-refractivity contribution in [3.8, 4) is 0 Å². The van der Waals surface area contributed by atoms with Crippen LogP contribution < -0.4 is 4.90 Å². The van der Waals surface area contributed by atoms with Crippen LogP contribution in [0.1, 0.15) is 45.4 Å². The lowest BCUT2D eigenvalue weighted by Gasteiger charge is -2.43. The Morgan fingerprint density at radius 3 is 3.05 bits per heavy atom. The highest BCUT2D eigenvalue weighted by Gasteiger charge is 2.44. The number of nitrogens with zero attached hydrogens (tertiary/aromatic N) is 5. The van der Waals surface area contributed by atoms with Crippen molar-refractivity contribution in [3.05, 3.63) is 18.7 Å². The maximum atomic E-state index is 10.9. The molecular formula is C16H23N5O. The average molecular weight is 301 g/mol. The first kappa shape index (κ1) is 13.9. The number of fused-ring (bicyclic) bond motifs is 1. The number of hydrogen-bond acceptors (Lipinski definition) is 5. The molecule has 2 aromatic heterocycles. The van der Waals surface area contributed by atoms with Gasteiger partial charge in [-0.25, -0.2) is 4.98 Å². The molecule has 2 aromatic rings. The minimum absolute atomic E-state index is 0.314. The lowest BCUT2D eigenvalue weighted by molar-refractivity contribution is -0.0410. The Morgan fingerprint density at radius 2 is 2.18 bits per heavy atom. The molecule has 0 amide bonds. The number of aromatic nitrogens is 4. The van der Waals surface area contributed by atoms with E-state index >= 15 is 0 Å². The van der Waals surface area contributed by atoms with E-state index in [1.165, 1.54) is 6.42 Å². The molecule has 118 valence electrons. The second kappa shape index (κ2) is 5.19. The van der Waals surface area contributed by atoms with Crippen LogP contribution in [-0.4, -0.2) is 42.9 Å². The van der Waals surface area contributed by atoms with E-state index in [-0.39, 0.29) is 0 Å². The van der Waals surface area contributed by atoms with Crippen molar-refractivity contribution in [1.29, 1.82) is 0 Å². The highest BCUT2D eigenvalue weighted by Crippen LogP contribution is 2.42. The van der Waals surface area contributed by atoms with Crippen LogP contribution in [0, 0.1) is 5.92 Å². The molecule has 3 heterocycles. The number of aliphatic hydroxyl groups is 1. The van der Waals surface area contributed by atoms with Gasteiger partial charge in [0, 0.05) is 30.9 Å².